The molecule has 122 valence electrons. The Morgan fingerprint density at radius 1 is 1.27 bits per heavy atom. The molecule has 0 aliphatic carbocycles. The highest BCUT2D eigenvalue weighted by molar-refractivity contribution is 5.82. The number of alkyl halides is 3. The van der Waals surface area contributed by atoms with Crippen molar-refractivity contribution in [2.24, 2.45) is 5.73 Å². The van der Waals surface area contributed by atoms with Gasteiger partial charge in [-0.1, -0.05) is 13.8 Å². The van der Waals surface area contributed by atoms with Crippen LogP contribution in [0.15, 0.2) is 12.1 Å². The summed E-state index contributed by atoms with van der Waals surface area (Å²) in [5, 5.41) is 9.24. The Morgan fingerprint density at radius 3 is 2.14 bits per heavy atom. The van der Waals surface area contributed by atoms with Crippen LogP contribution in [0.2, 0.25) is 0 Å². The molecular weight excluding hydrogens is 299 g/mol. The van der Waals surface area contributed by atoms with E-state index in [9.17, 15) is 18.0 Å². The molecule has 0 unspecified atom stereocenters. The molecule has 0 saturated heterocycles. The molecule has 0 atom stereocenters. The normalized spacial score (nSPS) is 11.1. The molecule has 1 aromatic carbocycles. The summed E-state index contributed by atoms with van der Waals surface area (Å²) in [5.74, 6) is -0.969. The predicted molar refractivity (Wildman–Crippen MR) is 75.8 cm³/mol. The van der Waals surface area contributed by atoms with Gasteiger partial charge >= 0.3 is 12.1 Å². The summed E-state index contributed by atoms with van der Waals surface area (Å²) < 4.78 is 43.8. The Morgan fingerprint density at radius 2 is 1.77 bits per heavy atom. The fourth-order valence-electron chi connectivity index (χ4n) is 1.89. The number of hydrogen-bond acceptors (Lipinski definition) is 3. The monoisotopic (exact) mass is 317 g/mol. The zero-order valence-corrected chi connectivity index (χ0v) is 12.3. The Kier molecular flexibility index (Phi) is 5.78. The highest BCUT2D eigenvalue weighted by atomic mass is 19.4. The molecule has 4 N–H and O–H groups in total. The lowest BCUT2D eigenvalue weighted by Gasteiger charge is -2.17. The number of hydrogen-bond donors (Lipinski definition) is 3. The van der Waals surface area contributed by atoms with Gasteiger partial charge in [-0.15, -0.1) is 0 Å². The van der Waals surface area contributed by atoms with Gasteiger partial charge in [-0.25, -0.2) is 4.79 Å². The zero-order chi connectivity index (χ0) is 16.9. The second kappa shape index (κ2) is 7.15. The average molecular weight is 317 g/mol. The highest BCUT2D eigenvalue weighted by Crippen LogP contribution is 2.35. The van der Waals surface area contributed by atoms with Gasteiger partial charge in [-0.2, -0.15) is 13.2 Å². The van der Waals surface area contributed by atoms with Crippen LogP contribution in [-0.2, 0) is 23.8 Å². The van der Waals surface area contributed by atoms with E-state index < -0.39 is 23.7 Å². The molecule has 0 fully saturated rings. The molecule has 22 heavy (non-hydrogen) atoms. The maximum atomic E-state index is 12.9. The van der Waals surface area contributed by atoms with Crippen molar-refractivity contribution >= 4 is 11.9 Å². The Bertz CT molecular complexity index is 546. The van der Waals surface area contributed by atoms with E-state index >= 15 is 0 Å². The molecule has 0 saturated carbocycles. The summed E-state index contributed by atoms with van der Waals surface area (Å²) in [4.78, 5) is 11.7. The number of benzene rings is 1. The van der Waals surface area contributed by atoms with E-state index in [0.29, 0.717) is 24.0 Å². The van der Waals surface area contributed by atoms with Gasteiger partial charge in [0, 0.05) is 0 Å². The van der Waals surface area contributed by atoms with Gasteiger partial charge < -0.3 is 15.8 Å². The largest absolute Gasteiger partial charge is 0.425 e. The summed E-state index contributed by atoms with van der Waals surface area (Å²) in [5.41, 5.74) is 4.91. The third kappa shape index (κ3) is 4.64. The molecule has 5 nitrogen and oxygen atoms in total. The first-order valence-electron chi connectivity index (χ1n) is 6.70. The van der Waals surface area contributed by atoms with Crippen molar-refractivity contribution in [3.05, 3.63) is 28.8 Å². The molecule has 0 radical (unpaired) electrons. The van der Waals surface area contributed by atoms with Crippen molar-refractivity contribution in [3.8, 4) is 5.75 Å². The Balaban J connectivity index is 3.12. The molecule has 0 heterocycles. The molecular formula is C14H18F3N3O2. The maximum absolute atomic E-state index is 12.9. The fraction of sp³-hybridized carbons (Fsp3) is 0.429. The second-order valence-electron chi connectivity index (χ2n) is 4.57. The predicted octanol–water partition coefficient (Wildman–Crippen LogP) is 2.22. The van der Waals surface area contributed by atoms with E-state index in [0.717, 1.165) is 12.1 Å². The quantitative estimate of drug-likeness (QED) is 0.336. The minimum absolute atomic E-state index is 0.147. The molecule has 0 spiro atoms. The number of halogens is 3. The van der Waals surface area contributed by atoms with Crippen molar-refractivity contribution in [1.29, 1.82) is 5.41 Å². The van der Waals surface area contributed by atoms with Crippen molar-refractivity contribution < 1.29 is 22.7 Å². The first-order chi connectivity index (χ1) is 10.2. The molecule has 0 aliphatic rings. The molecule has 0 aromatic heterocycles. The van der Waals surface area contributed by atoms with Crippen LogP contribution in [0, 0.1) is 5.41 Å². The molecule has 0 bridgehead atoms. The number of rotatable bonds is 5. The van der Waals surface area contributed by atoms with Crippen molar-refractivity contribution in [2.45, 2.75) is 32.9 Å². The SMILES string of the molecule is CCc1cc(C(F)(F)F)cc(CC)c1OC(=O)CNC(=N)N. The minimum Gasteiger partial charge on any atom is -0.425 e. The van der Waals surface area contributed by atoms with Gasteiger partial charge in [-0.05, 0) is 36.1 Å². The standard InChI is InChI=1S/C14H18F3N3O2/c1-3-8-5-10(14(15,16)17)6-9(4-2)12(8)22-11(21)7-20-13(18)19/h5-6H,3-4,7H2,1-2H3,(H4,18,19,20). The lowest BCUT2D eigenvalue weighted by Crippen LogP contribution is -2.36. The number of guanidine groups is 1. The Labute approximate surface area is 126 Å². The highest BCUT2D eigenvalue weighted by Gasteiger charge is 2.32. The van der Waals surface area contributed by atoms with Gasteiger partial charge in [0.05, 0.1) is 5.56 Å². The van der Waals surface area contributed by atoms with E-state index in [-0.39, 0.29) is 12.3 Å². The summed E-state index contributed by atoms with van der Waals surface area (Å²) in [6.07, 6.45) is -3.87. The van der Waals surface area contributed by atoms with Crippen LogP contribution in [-0.4, -0.2) is 18.5 Å². The van der Waals surface area contributed by atoms with E-state index in [2.05, 4.69) is 5.32 Å². The number of carbonyl (C=O) groups excluding carboxylic acids is 1. The second-order valence-corrected chi connectivity index (χ2v) is 4.57. The lowest BCUT2D eigenvalue weighted by molar-refractivity contribution is -0.137. The van der Waals surface area contributed by atoms with Crippen LogP contribution in [0.4, 0.5) is 13.2 Å². The number of ether oxygens (including phenoxy) is 1. The van der Waals surface area contributed by atoms with Crippen LogP contribution in [0.3, 0.4) is 0 Å². The molecule has 1 aromatic rings. The van der Waals surface area contributed by atoms with Gasteiger partial charge in [0.25, 0.3) is 0 Å². The van der Waals surface area contributed by atoms with Crippen LogP contribution < -0.4 is 15.8 Å². The van der Waals surface area contributed by atoms with Crippen molar-refractivity contribution in [2.75, 3.05) is 6.54 Å². The smallest absolute Gasteiger partial charge is 0.416 e. The van der Waals surface area contributed by atoms with Crippen LogP contribution in [0.1, 0.15) is 30.5 Å². The van der Waals surface area contributed by atoms with E-state index in [4.69, 9.17) is 15.9 Å². The zero-order valence-electron chi connectivity index (χ0n) is 12.3. The number of carbonyl (C=O) groups is 1. The summed E-state index contributed by atoms with van der Waals surface area (Å²) in [6.45, 7) is 3.03. The van der Waals surface area contributed by atoms with Gasteiger partial charge in [0.1, 0.15) is 12.3 Å². The van der Waals surface area contributed by atoms with Crippen LogP contribution >= 0.6 is 0 Å². The molecule has 0 amide bonds. The molecule has 1 rings (SSSR count). The van der Waals surface area contributed by atoms with Crippen molar-refractivity contribution in [3.63, 3.8) is 0 Å². The first kappa shape index (κ1) is 17.8. The number of esters is 1. The Hall–Kier alpha value is -2.25. The first-order valence-corrected chi connectivity index (χ1v) is 6.70. The fourth-order valence-corrected chi connectivity index (χ4v) is 1.89. The summed E-state index contributed by atoms with van der Waals surface area (Å²) in [6, 6.07) is 1.97. The number of nitrogens with two attached hydrogens (primary N) is 1. The van der Waals surface area contributed by atoms with Gasteiger partial charge in [0.15, 0.2) is 5.96 Å². The van der Waals surface area contributed by atoms with E-state index in [1.807, 2.05) is 0 Å². The average Bonchev–Trinajstić information content (AvgIpc) is 2.43. The van der Waals surface area contributed by atoms with E-state index in [1.54, 1.807) is 13.8 Å². The third-order valence-electron chi connectivity index (χ3n) is 2.97. The minimum atomic E-state index is -4.45. The van der Waals surface area contributed by atoms with Gasteiger partial charge in [-0.3, -0.25) is 5.41 Å². The van der Waals surface area contributed by atoms with Gasteiger partial charge in [0.2, 0.25) is 0 Å². The molecule has 0 aliphatic heterocycles. The topological polar surface area (TPSA) is 88.2 Å². The maximum Gasteiger partial charge on any atom is 0.416 e. The third-order valence-corrected chi connectivity index (χ3v) is 2.97. The van der Waals surface area contributed by atoms with Crippen LogP contribution in [0.5, 0.6) is 5.75 Å². The number of nitrogens with one attached hydrogen (secondary N) is 2. The lowest BCUT2D eigenvalue weighted by atomic mass is 10.00. The molecule has 8 heteroatoms. The van der Waals surface area contributed by atoms with E-state index in [1.165, 1.54) is 0 Å². The number of aryl methyl sites for hydroxylation is 2. The summed E-state index contributed by atoms with van der Waals surface area (Å²) in [7, 11) is 0. The van der Waals surface area contributed by atoms with Crippen LogP contribution in [0.25, 0.3) is 0 Å². The van der Waals surface area contributed by atoms with Crippen molar-refractivity contribution in [1.82, 2.24) is 5.32 Å². The summed E-state index contributed by atoms with van der Waals surface area (Å²) >= 11 is 0.